The predicted octanol–water partition coefficient (Wildman–Crippen LogP) is 2.22. The van der Waals surface area contributed by atoms with Gasteiger partial charge in [-0.2, -0.15) is 5.26 Å². The number of pyridine rings is 1. The number of aromatic nitrogens is 1. The minimum absolute atomic E-state index is 0.375. The molecule has 0 radical (unpaired) electrons. The number of nitriles is 1. The lowest BCUT2D eigenvalue weighted by Gasteiger charge is -1.97. The third-order valence-corrected chi connectivity index (χ3v) is 1.69. The zero-order valence-corrected chi connectivity index (χ0v) is 7.72. The normalized spacial score (nSPS) is 9.18. The molecule has 0 atom stereocenters. The lowest BCUT2D eigenvalue weighted by Crippen LogP contribution is -1.90. The Labute approximate surface area is 74.0 Å². The third-order valence-electron chi connectivity index (χ3n) is 1.23. The molecule has 0 unspecified atom stereocenters. The van der Waals surface area contributed by atoms with E-state index in [1.807, 2.05) is 19.1 Å². The topological polar surface area (TPSA) is 36.7 Å². The highest BCUT2D eigenvalue weighted by Crippen LogP contribution is 2.12. The first-order valence-corrected chi connectivity index (χ1v) is 4.01. The summed E-state index contributed by atoms with van der Waals surface area (Å²) in [6.07, 6.45) is 0.375. The van der Waals surface area contributed by atoms with Crippen molar-refractivity contribution in [1.82, 2.24) is 4.98 Å². The highest BCUT2D eigenvalue weighted by molar-refractivity contribution is 9.10. The SMILES string of the molecule is Cc1cc(Br)cc(CC#N)n1. The number of halogens is 1. The van der Waals surface area contributed by atoms with Crippen molar-refractivity contribution in [2.75, 3.05) is 0 Å². The Balaban J connectivity index is 3.01. The molecular formula is C8H7BrN2. The first-order chi connectivity index (χ1) is 5.22. The first-order valence-electron chi connectivity index (χ1n) is 3.22. The summed E-state index contributed by atoms with van der Waals surface area (Å²) < 4.78 is 0.982. The van der Waals surface area contributed by atoms with E-state index in [0.717, 1.165) is 15.9 Å². The largest absolute Gasteiger partial charge is 0.257 e. The van der Waals surface area contributed by atoms with Crippen LogP contribution in [0.4, 0.5) is 0 Å². The van der Waals surface area contributed by atoms with Crippen LogP contribution in [-0.4, -0.2) is 4.98 Å². The summed E-state index contributed by atoms with van der Waals surface area (Å²) in [5, 5.41) is 8.40. The van der Waals surface area contributed by atoms with E-state index in [-0.39, 0.29) is 0 Å². The van der Waals surface area contributed by atoms with E-state index >= 15 is 0 Å². The van der Waals surface area contributed by atoms with Gasteiger partial charge in [0.25, 0.3) is 0 Å². The molecule has 0 amide bonds. The van der Waals surface area contributed by atoms with Gasteiger partial charge in [-0.1, -0.05) is 15.9 Å². The van der Waals surface area contributed by atoms with E-state index in [4.69, 9.17) is 5.26 Å². The number of hydrogen-bond acceptors (Lipinski definition) is 2. The van der Waals surface area contributed by atoms with Gasteiger partial charge in [0.1, 0.15) is 0 Å². The maximum Gasteiger partial charge on any atom is 0.0775 e. The summed E-state index contributed by atoms with van der Waals surface area (Å²) in [7, 11) is 0. The minimum atomic E-state index is 0.375. The first kappa shape index (κ1) is 8.22. The Morgan fingerprint density at radius 1 is 1.64 bits per heavy atom. The molecule has 0 aliphatic heterocycles. The van der Waals surface area contributed by atoms with Gasteiger partial charge >= 0.3 is 0 Å². The molecule has 0 saturated carbocycles. The molecule has 1 rings (SSSR count). The monoisotopic (exact) mass is 210 g/mol. The number of nitrogens with zero attached hydrogens (tertiary/aromatic N) is 2. The van der Waals surface area contributed by atoms with Crippen LogP contribution in [0.5, 0.6) is 0 Å². The van der Waals surface area contributed by atoms with Gasteiger partial charge in [0.2, 0.25) is 0 Å². The number of hydrogen-bond donors (Lipinski definition) is 0. The maximum absolute atomic E-state index is 8.40. The molecule has 0 aliphatic rings. The number of aryl methyl sites for hydroxylation is 1. The average Bonchev–Trinajstić information content (AvgIpc) is 1.85. The van der Waals surface area contributed by atoms with Crippen LogP contribution >= 0.6 is 15.9 Å². The second-order valence-corrected chi connectivity index (χ2v) is 3.17. The molecule has 0 aromatic carbocycles. The van der Waals surface area contributed by atoms with Crippen molar-refractivity contribution in [2.24, 2.45) is 0 Å². The molecule has 1 heterocycles. The van der Waals surface area contributed by atoms with E-state index in [1.54, 1.807) is 0 Å². The fourth-order valence-corrected chi connectivity index (χ4v) is 1.46. The van der Waals surface area contributed by atoms with Crippen molar-refractivity contribution in [2.45, 2.75) is 13.3 Å². The average molecular weight is 211 g/mol. The molecule has 0 fully saturated rings. The fourth-order valence-electron chi connectivity index (χ4n) is 0.863. The molecule has 3 heteroatoms. The van der Waals surface area contributed by atoms with Crippen molar-refractivity contribution >= 4 is 15.9 Å². The molecule has 0 aliphatic carbocycles. The second-order valence-electron chi connectivity index (χ2n) is 2.25. The molecular weight excluding hydrogens is 204 g/mol. The molecule has 56 valence electrons. The van der Waals surface area contributed by atoms with Crippen LogP contribution in [0.25, 0.3) is 0 Å². The molecule has 0 N–H and O–H groups in total. The van der Waals surface area contributed by atoms with E-state index in [2.05, 4.69) is 27.0 Å². The summed E-state index contributed by atoms with van der Waals surface area (Å²) in [5.74, 6) is 0. The van der Waals surface area contributed by atoms with E-state index in [0.29, 0.717) is 6.42 Å². The Morgan fingerprint density at radius 3 is 2.91 bits per heavy atom. The lowest BCUT2D eigenvalue weighted by atomic mass is 10.2. The van der Waals surface area contributed by atoms with Gasteiger partial charge in [0.15, 0.2) is 0 Å². The van der Waals surface area contributed by atoms with Crippen LogP contribution in [0, 0.1) is 18.3 Å². The van der Waals surface area contributed by atoms with E-state index < -0.39 is 0 Å². The van der Waals surface area contributed by atoms with E-state index in [9.17, 15) is 0 Å². The van der Waals surface area contributed by atoms with Crippen molar-refractivity contribution in [3.63, 3.8) is 0 Å². The van der Waals surface area contributed by atoms with Crippen LogP contribution in [0.2, 0.25) is 0 Å². The van der Waals surface area contributed by atoms with Crippen molar-refractivity contribution in [3.05, 3.63) is 28.0 Å². The highest BCUT2D eigenvalue weighted by atomic mass is 79.9. The quantitative estimate of drug-likeness (QED) is 0.713. The summed E-state index contributed by atoms with van der Waals surface area (Å²) in [4.78, 5) is 4.17. The highest BCUT2D eigenvalue weighted by Gasteiger charge is 1.96. The molecule has 0 bridgehead atoms. The molecule has 1 aromatic heterocycles. The van der Waals surface area contributed by atoms with Gasteiger partial charge in [0.05, 0.1) is 18.2 Å². The van der Waals surface area contributed by atoms with E-state index in [1.165, 1.54) is 0 Å². The van der Waals surface area contributed by atoms with Crippen molar-refractivity contribution in [1.29, 1.82) is 5.26 Å². The lowest BCUT2D eigenvalue weighted by molar-refractivity contribution is 1.06. The van der Waals surface area contributed by atoms with Crippen molar-refractivity contribution < 1.29 is 0 Å². The summed E-state index contributed by atoms with van der Waals surface area (Å²) in [6, 6.07) is 5.83. The van der Waals surface area contributed by atoms with Gasteiger partial charge in [0, 0.05) is 10.2 Å². The summed E-state index contributed by atoms with van der Waals surface area (Å²) in [5.41, 5.74) is 1.75. The molecule has 0 saturated heterocycles. The van der Waals surface area contributed by atoms with Crippen LogP contribution in [0.15, 0.2) is 16.6 Å². The molecule has 2 nitrogen and oxygen atoms in total. The predicted molar refractivity (Wildman–Crippen MR) is 46.0 cm³/mol. The van der Waals surface area contributed by atoms with Crippen molar-refractivity contribution in [3.8, 4) is 6.07 Å². The van der Waals surface area contributed by atoms with Gasteiger partial charge in [-0.15, -0.1) is 0 Å². The second kappa shape index (κ2) is 3.49. The maximum atomic E-state index is 8.40. The number of rotatable bonds is 1. The van der Waals surface area contributed by atoms with Crippen LogP contribution in [-0.2, 0) is 6.42 Å². The smallest absolute Gasteiger partial charge is 0.0775 e. The standard InChI is InChI=1S/C8H7BrN2/c1-6-4-7(9)5-8(11-6)2-3-10/h4-5H,2H2,1H3. The van der Waals surface area contributed by atoms with Crippen LogP contribution < -0.4 is 0 Å². The van der Waals surface area contributed by atoms with Gasteiger partial charge in [-0.05, 0) is 19.1 Å². The molecule has 0 spiro atoms. The van der Waals surface area contributed by atoms with Crippen LogP contribution in [0.3, 0.4) is 0 Å². The Hall–Kier alpha value is -0.880. The Kier molecular flexibility index (Phi) is 2.61. The molecule has 1 aromatic rings. The Morgan fingerprint density at radius 2 is 2.36 bits per heavy atom. The van der Waals surface area contributed by atoms with Gasteiger partial charge in [-0.25, -0.2) is 0 Å². The van der Waals surface area contributed by atoms with Crippen LogP contribution in [0.1, 0.15) is 11.4 Å². The van der Waals surface area contributed by atoms with Gasteiger partial charge in [-0.3, -0.25) is 4.98 Å². The van der Waals surface area contributed by atoms with Gasteiger partial charge < -0.3 is 0 Å². The zero-order chi connectivity index (χ0) is 8.27. The zero-order valence-electron chi connectivity index (χ0n) is 6.13. The minimum Gasteiger partial charge on any atom is -0.257 e. The summed E-state index contributed by atoms with van der Waals surface area (Å²) in [6.45, 7) is 1.91. The Bertz CT molecular complexity index is 281. The molecule has 11 heavy (non-hydrogen) atoms. The third kappa shape index (κ3) is 2.32. The fraction of sp³-hybridized carbons (Fsp3) is 0.250. The summed E-state index contributed by atoms with van der Waals surface area (Å²) >= 11 is 3.33.